The first-order chi connectivity index (χ1) is 13.0. The summed E-state index contributed by atoms with van der Waals surface area (Å²) in [5.41, 5.74) is 4.64. The minimum absolute atomic E-state index is 0.422. The lowest BCUT2D eigenvalue weighted by atomic mass is 10.0. The van der Waals surface area contributed by atoms with Gasteiger partial charge in [0.15, 0.2) is 0 Å². The third-order valence-corrected chi connectivity index (χ3v) is 5.90. The maximum Gasteiger partial charge on any atom is 0.143 e. The predicted octanol–water partition coefficient (Wildman–Crippen LogP) is 7.19. The number of anilines is 2. The van der Waals surface area contributed by atoms with Gasteiger partial charge >= 0.3 is 0 Å². The predicted molar refractivity (Wildman–Crippen MR) is 116 cm³/mol. The Morgan fingerprint density at radius 3 is 2.48 bits per heavy atom. The number of halogens is 1. The summed E-state index contributed by atoms with van der Waals surface area (Å²) < 4.78 is 0. The highest BCUT2D eigenvalue weighted by Gasteiger charge is 2.17. The number of hydrogen-bond acceptors (Lipinski definition) is 4. The van der Waals surface area contributed by atoms with Crippen molar-refractivity contribution in [1.82, 2.24) is 9.97 Å². The topological polar surface area (TPSA) is 37.8 Å². The van der Waals surface area contributed by atoms with Crippen LogP contribution in [0.1, 0.15) is 30.2 Å². The van der Waals surface area contributed by atoms with Crippen LogP contribution in [0.2, 0.25) is 5.02 Å². The first kappa shape index (κ1) is 18.0. The van der Waals surface area contributed by atoms with Gasteiger partial charge in [-0.2, -0.15) is 0 Å². The third kappa shape index (κ3) is 3.43. The van der Waals surface area contributed by atoms with Gasteiger partial charge in [-0.1, -0.05) is 55.8 Å². The summed E-state index contributed by atoms with van der Waals surface area (Å²) in [7, 11) is 0. The van der Waals surface area contributed by atoms with E-state index < -0.39 is 0 Å². The number of benzene rings is 2. The van der Waals surface area contributed by atoms with E-state index in [-0.39, 0.29) is 0 Å². The Labute approximate surface area is 168 Å². The summed E-state index contributed by atoms with van der Waals surface area (Å²) in [4.78, 5) is 11.3. The van der Waals surface area contributed by atoms with Crippen molar-refractivity contribution < 1.29 is 0 Å². The van der Waals surface area contributed by atoms with E-state index in [1.807, 2.05) is 18.2 Å². The third-order valence-electron chi connectivity index (χ3n) is 4.63. The molecule has 0 saturated heterocycles. The molecule has 4 aromatic rings. The molecule has 136 valence electrons. The molecule has 0 spiro atoms. The minimum Gasteiger partial charge on any atom is -0.339 e. The van der Waals surface area contributed by atoms with E-state index >= 15 is 0 Å². The molecule has 0 saturated carbocycles. The van der Waals surface area contributed by atoms with Gasteiger partial charge in [-0.25, -0.2) is 9.97 Å². The number of thiophene rings is 1. The number of nitrogens with one attached hydrogen (secondary N) is 1. The molecule has 0 bridgehead atoms. The van der Waals surface area contributed by atoms with Crippen LogP contribution >= 0.6 is 22.9 Å². The van der Waals surface area contributed by atoms with Crippen LogP contribution in [0.5, 0.6) is 0 Å². The molecule has 2 aromatic carbocycles. The van der Waals surface area contributed by atoms with Gasteiger partial charge in [0.2, 0.25) is 0 Å². The highest BCUT2D eigenvalue weighted by molar-refractivity contribution is 7.19. The first-order valence-corrected chi connectivity index (χ1v) is 10.1. The van der Waals surface area contributed by atoms with Crippen molar-refractivity contribution in [3.05, 3.63) is 70.3 Å². The van der Waals surface area contributed by atoms with Crippen molar-refractivity contribution in [3.8, 4) is 11.1 Å². The molecular weight excluding hydrogens is 374 g/mol. The molecule has 0 aliphatic rings. The molecule has 2 aromatic heterocycles. The van der Waals surface area contributed by atoms with E-state index in [4.69, 9.17) is 11.6 Å². The molecule has 5 heteroatoms. The number of nitrogens with zero attached hydrogens (tertiary/aromatic N) is 2. The lowest BCUT2D eigenvalue weighted by Crippen LogP contribution is -2.00. The maximum atomic E-state index is 6.08. The molecule has 0 unspecified atom stereocenters. The summed E-state index contributed by atoms with van der Waals surface area (Å²) in [6.07, 6.45) is 1.63. The Morgan fingerprint density at radius 2 is 1.74 bits per heavy atom. The Hall–Kier alpha value is -2.43. The fraction of sp³-hybridized carbons (Fsp3) is 0.182. The van der Waals surface area contributed by atoms with Crippen LogP contribution in [0.4, 0.5) is 11.5 Å². The summed E-state index contributed by atoms with van der Waals surface area (Å²) in [6.45, 7) is 6.52. The average molecular weight is 394 g/mol. The molecule has 0 aliphatic heterocycles. The molecule has 0 radical (unpaired) electrons. The Balaban J connectivity index is 1.89. The van der Waals surface area contributed by atoms with Gasteiger partial charge < -0.3 is 5.32 Å². The molecule has 0 aliphatic carbocycles. The molecule has 0 fully saturated rings. The average Bonchev–Trinajstić information content (AvgIpc) is 2.99. The number of rotatable bonds is 4. The van der Waals surface area contributed by atoms with Crippen LogP contribution in [0, 0.1) is 6.92 Å². The van der Waals surface area contributed by atoms with Crippen LogP contribution < -0.4 is 5.32 Å². The molecule has 4 rings (SSSR count). The molecule has 0 atom stereocenters. The number of aryl methyl sites for hydroxylation is 1. The van der Waals surface area contributed by atoms with Crippen molar-refractivity contribution >= 4 is 44.7 Å². The van der Waals surface area contributed by atoms with E-state index in [9.17, 15) is 0 Å². The Morgan fingerprint density at radius 1 is 1.00 bits per heavy atom. The van der Waals surface area contributed by atoms with Crippen molar-refractivity contribution in [2.24, 2.45) is 0 Å². The van der Waals surface area contributed by atoms with Crippen LogP contribution in [0.3, 0.4) is 0 Å². The molecule has 2 heterocycles. The zero-order valence-electron chi connectivity index (χ0n) is 15.5. The van der Waals surface area contributed by atoms with Gasteiger partial charge in [0.05, 0.1) is 5.39 Å². The zero-order valence-corrected chi connectivity index (χ0v) is 17.0. The quantitative estimate of drug-likeness (QED) is 0.398. The number of hydrogen-bond donors (Lipinski definition) is 1. The van der Waals surface area contributed by atoms with Crippen molar-refractivity contribution in [1.29, 1.82) is 0 Å². The molecule has 1 N–H and O–H groups in total. The zero-order chi connectivity index (χ0) is 19.0. The monoisotopic (exact) mass is 393 g/mol. The fourth-order valence-corrected chi connectivity index (χ4v) is 4.48. The van der Waals surface area contributed by atoms with E-state index in [0.29, 0.717) is 5.92 Å². The van der Waals surface area contributed by atoms with Crippen molar-refractivity contribution in [2.45, 2.75) is 26.7 Å². The maximum absolute atomic E-state index is 6.08. The first-order valence-electron chi connectivity index (χ1n) is 8.90. The van der Waals surface area contributed by atoms with Crippen LogP contribution in [-0.2, 0) is 0 Å². The van der Waals surface area contributed by atoms with Gasteiger partial charge in [0.1, 0.15) is 17.0 Å². The van der Waals surface area contributed by atoms with E-state index in [0.717, 1.165) is 37.9 Å². The summed E-state index contributed by atoms with van der Waals surface area (Å²) >= 11 is 7.77. The second-order valence-electron chi connectivity index (χ2n) is 6.81. The lowest BCUT2D eigenvalue weighted by molar-refractivity contribution is 0.869. The molecule has 27 heavy (non-hydrogen) atoms. The van der Waals surface area contributed by atoms with Gasteiger partial charge in [-0.3, -0.25) is 0 Å². The highest BCUT2D eigenvalue weighted by atomic mass is 35.5. The minimum atomic E-state index is 0.422. The van der Waals surface area contributed by atoms with Crippen LogP contribution in [0.25, 0.3) is 21.3 Å². The normalized spacial score (nSPS) is 11.3. The van der Waals surface area contributed by atoms with E-state index in [1.54, 1.807) is 17.7 Å². The van der Waals surface area contributed by atoms with Crippen LogP contribution in [0.15, 0.2) is 54.9 Å². The smallest absolute Gasteiger partial charge is 0.143 e. The van der Waals surface area contributed by atoms with Crippen LogP contribution in [-0.4, -0.2) is 9.97 Å². The fourth-order valence-electron chi connectivity index (χ4n) is 3.35. The SMILES string of the molecule is Cc1sc2ncnc(Nc3ccccc3C(C)C)c2c1-c1ccc(Cl)cc1. The van der Waals surface area contributed by atoms with Gasteiger partial charge in [0.25, 0.3) is 0 Å². The highest BCUT2D eigenvalue weighted by Crippen LogP contribution is 2.41. The van der Waals surface area contributed by atoms with Crippen molar-refractivity contribution in [3.63, 3.8) is 0 Å². The number of aromatic nitrogens is 2. The second-order valence-corrected chi connectivity index (χ2v) is 8.45. The number of para-hydroxylation sites is 1. The molecule has 3 nitrogen and oxygen atoms in total. The van der Waals surface area contributed by atoms with Crippen molar-refractivity contribution in [2.75, 3.05) is 5.32 Å². The second kappa shape index (κ2) is 7.29. The Kier molecular flexibility index (Phi) is 4.85. The Bertz CT molecular complexity index is 1100. The number of fused-ring (bicyclic) bond motifs is 1. The van der Waals surface area contributed by atoms with E-state index in [2.05, 4.69) is 66.4 Å². The standard InChI is InChI=1S/C22H20ClN3S/c1-13(2)17-6-4-5-7-18(17)26-21-20-19(15-8-10-16(23)11-9-15)14(3)27-22(20)25-12-24-21/h4-13H,1-3H3,(H,24,25,26). The van der Waals surface area contributed by atoms with Gasteiger partial charge in [0, 0.05) is 21.2 Å². The van der Waals surface area contributed by atoms with Gasteiger partial charge in [-0.15, -0.1) is 11.3 Å². The summed E-state index contributed by atoms with van der Waals surface area (Å²) in [5.74, 6) is 1.26. The largest absolute Gasteiger partial charge is 0.339 e. The lowest BCUT2D eigenvalue weighted by Gasteiger charge is -2.15. The van der Waals surface area contributed by atoms with E-state index in [1.165, 1.54) is 10.4 Å². The summed E-state index contributed by atoms with van der Waals surface area (Å²) in [6, 6.07) is 16.3. The molecular formula is C22H20ClN3S. The summed E-state index contributed by atoms with van der Waals surface area (Å²) in [5, 5.41) is 5.35. The van der Waals surface area contributed by atoms with Gasteiger partial charge in [-0.05, 0) is 42.2 Å². The molecule has 0 amide bonds.